The highest BCUT2D eigenvalue weighted by Gasteiger charge is 2.19. The number of hydrogen-bond acceptors (Lipinski definition) is 5. The fourth-order valence-electron chi connectivity index (χ4n) is 2.30. The molecule has 2 aromatic carbocycles. The summed E-state index contributed by atoms with van der Waals surface area (Å²) in [7, 11) is 2.81. The molecule has 0 fully saturated rings. The van der Waals surface area contributed by atoms with E-state index in [1.54, 1.807) is 30.3 Å². The topological polar surface area (TPSA) is 70.8 Å². The highest BCUT2D eigenvalue weighted by Crippen LogP contribution is 2.32. The summed E-state index contributed by atoms with van der Waals surface area (Å²) in [4.78, 5) is 11.5. The molecule has 24 heavy (non-hydrogen) atoms. The number of carbonyl (C=O) groups excluding carboxylic acids is 1. The van der Waals surface area contributed by atoms with Crippen LogP contribution in [0, 0.1) is 5.82 Å². The summed E-state index contributed by atoms with van der Waals surface area (Å²) in [6.45, 7) is 0.165. The number of nitrogens with two attached hydrogens (primary N) is 1. The van der Waals surface area contributed by atoms with Gasteiger partial charge in [-0.25, -0.2) is 4.39 Å². The van der Waals surface area contributed by atoms with Gasteiger partial charge in [-0.05, 0) is 23.8 Å². The van der Waals surface area contributed by atoms with E-state index in [1.165, 1.54) is 26.4 Å². The maximum atomic E-state index is 13.3. The largest absolute Gasteiger partial charge is 0.493 e. The predicted molar refractivity (Wildman–Crippen MR) is 87.4 cm³/mol. The van der Waals surface area contributed by atoms with E-state index in [4.69, 9.17) is 15.2 Å². The first-order chi connectivity index (χ1) is 11.5. The Bertz CT molecular complexity index is 705. The van der Waals surface area contributed by atoms with Crippen molar-refractivity contribution < 1.29 is 23.4 Å². The van der Waals surface area contributed by atoms with E-state index in [0.717, 1.165) is 0 Å². The second-order valence-electron chi connectivity index (χ2n) is 5.20. The van der Waals surface area contributed by atoms with Crippen molar-refractivity contribution in [2.45, 2.75) is 19.1 Å². The van der Waals surface area contributed by atoms with Crippen LogP contribution in [0.5, 0.6) is 11.5 Å². The third-order valence-corrected chi connectivity index (χ3v) is 3.50. The smallest absolute Gasteiger partial charge is 0.322 e. The molecule has 0 aromatic heterocycles. The minimum Gasteiger partial charge on any atom is -0.493 e. The van der Waals surface area contributed by atoms with Crippen molar-refractivity contribution in [3.05, 3.63) is 59.4 Å². The molecule has 2 N–H and O–H groups in total. The Labute approximate surface area is 140 Å². The third kappa shape index (κ3) is 4.45. The summed E-state index contributed by atoms with van der Waals surface area (Å²) >= 11 is 0. The lowest BCUT2D eigenvalue weighted by molar-refractivity contribution is -0.142. The highest BCUT2D eigenvalue weighted by atomic mass is 19.1. The van der Waals surface area contributed by atoms with Crippen LogP contribution in [0.1, 0.15) is 11.1 Å². The first kappa shape index (κ1) is 17.7. The summed E-state index contributed by atoms with van der Waals surface area (Å²) in [5.74, 6) is 0.155. The molecule has 0 aliphatic carbocycles. The Morgan fingerprint density at radius 1 is 1.21 bits per heavy atom. The van der Waals surface area contributed by atoms with Crippen molar-refractivity contribution in [1.29, 1.82) is 0 Å². The van der Waals surface area contributed by atoms with Crippen LogP contribution in [0.15, 0.2) is 42.5 Å². The molecule has 0 aliphatic heterocycles. The first-order valence-electron chi connectivity index (χ1n) is 7.41. The summed E-state index contributed by atoms with van der Waals surface area (Å²) in [6, 6.07) is 10.7. The van der Waals surface area contributed by atoms with Gasteiger partial charge in [-0.1, -0.05) is 24.3 Å². The fraction of sp³-hybridized carbons (Fsp3) is 0.278. The molecule has 6 heteroatoms. The monoisotopic (exact) mass is 333 g/mol. The summed E-state index contributed by atoms with van der Waals surface area (Å²) < 4.78 is 29.0. The summed E-state index contributed by atoms with van der Waals surface area (Å²) in [5, 5.41) is 0. The number of carbonyl (C=O) groups is 1. The van der Waals surface area contributed by atoms with Crippen LogP contribution in [0.2, 0.25) is 0 Å². The normalized spacial score (nSPS) is 11.7. The molecular formula is C18H20FNO4. The van der Waals surface area contributed by atoms with Crippen LogP contribution in [0.25, 0.3) is 0 Å². The molecule has 0 saturated carbocycles. The van der Waals surface area contributed by atoms with Crippen molar-refractivity contribution in [1.82, 2.24) is 0 Å². The number of hydrogen-bond donors (Lipinski definition) is 1. The van der Waals surface area contributed by atoms with Gasteiger partial charge in [-0.2, -0.15) is 0 Å². The molecule has 0 saturated heterocycles. The zero-order chi connectivity index (χ0) is 17.5. The van der Waals surface area contributed by atoms with Gasteiger partial charge < -0.3 is 19.9 Å². The van der Waals surface area contributed by atoms with Crippen LogP contribution in [0.4, 0.5) is 4.39 Å². The average Bonchev–Trinajstić information content (AvgIpc) is 2.59. The van der Waals surface area contributed by atoms with Gasteiger partial charge in [-0.3, -0.25) is 4.79 Å². The Kier molecular flexibility index (Phi) is 6.14. The lowest BCUT2D eigenvalue weighted by atomic mass is 10.0. The van der Waals surface area contributed by atoms with E-state index in [2.05, 4.69) is 4.74 Å². The molecule has 2 aromatic rings. The number of rotatable bonds is 7. The van der Waals surface area contributed by atoms with Crippen LogP contribution in [0.3, 0.4) is 0 Å². The van der Waals surface area contributed by atoms with Gasteiger partial charge in [0.1, 0.15) is 18.5 Å². The molecule has 1 atom stereocenters. The zero-order valence-corrected chi connectivity index (χ0v) is 13.6. The molecule has 0 bridgehead atoms. The lowest BCUT2D eigenvalue weighted by Crippen LogP contribution is -2.33. The highest BCUT2D eigenvalue weighted by molar-refractivity contribution is 5.76. The molecule has 0 spiro atoms. The van der Waals surface area contributed by atoms with Crippen LogP contribution < -0.4 is 15.2 Å². The van der Waals surface area contributed by atoms with E-state index in [0.29, 0.717) is 22.6 Å². The van der Waals surface area contributed by atoms with Gasteiger partial charge in [0.15, 0.2) is 11.5 Å². The van der Waals surface area contributed by atoms with Gasteiger partial charge in [0.05, 0.1) is 14.2 Å². The maximum Gasteiger partial charge on any atom is 0.322 e. The van der Waals surface area contributed by atoms with Gasteiger partial charge in [0.25, 0.3) is 0 Å². The van der Waals surface area contributed by atoms with E-state index < -0.39 is 12.0 Å². The number of ether oxygens (including phenoxy) is 3. The van der Waals surface area contributed by atoms with E-state index in [9.17, 15) is 9.18 Å². The summed E-state index contributed by atoms with van der Waals surface area (Å²) in [6.07, 6.45) is 0.238. The number of halogens is 1. The minimum atomic E-state index is -0.807. The molecule has 1 unspecified atom stereocenters. The van der Waals surface area contributed by atoms with E-state index in [-0.39, 0.29) is 18.8 Å². The zero-order valence-electron chi connectivity index (χ0n) is 13.6. The van der Waals surface area contributed by atoms with Crippen LogP contribution in [-0.4, -0.2) is 26.2 Å². The average molecular weight is 333 g/mol. The molecule has 5 nitrogen and oxygen atoms in total. The van der Waals surface area contributed by atoms with Gasteiger partial charge in [0, 0.05) is 12.0 Å². The lowest BCUT2D eigenvalue weighted by Gasteiger charge is -2.17. The van der Waals surface area contributed by atoms with Crippen molar-refractivity contribution in [2.24, 2.45) is 5.73 Å². The maximum absolute atomic E-state index is 13.3. The number of methoxy groups -OCH3 is 2. The molecule has 128 valence electrons. The molecule has 2 rings (SSSR count). The summed E-state index contributed by atoms with van der Waals surface area (Å²) in [5.41, 5.74) is 7.22. The van der Waals surface area contributed by atoms with Gasteiger partial charge in [0.2, 0.25) is 0 Å². The third-order valence-electron chi connectivity index (χ3n) is 3.50. The fourth-order valence-corrected chi connectivity index (χ4v) is 2.30. The Balaban J connectivity index is 2.21. The van der Waals surface area contributed by atoms with Crippen LogP contribution >= 0.6 is 0 Å². The molecule has 0 radical (unpaired) electrons. The Morgan fingerprint density at radius 3 is 2.62 bits per heavy atom. The molecule has 0 heterocycles. The van der Waals surface area contributed by atoms with Crippen molar-refractivity contribution in [2.75, 3.05) is 14.2 Å². The Morgan fingerprint density at radius 2 is 1.96 bits per heavy atom. The number of esters is 1. The first-order valence-corrected chi connectivity index (χ1v) is 7.41. The second kappa shape index (κ2) is 8.31. The minimum absolute atomic E-state index is 0.165. The van der Waals surface area contributed by atoms with E-state index >= 15 is 0 Å². The predicted octanol–water partition coefficient (Wildman–Crippen LogP) is 2.46. The van der Waals surface area contributed by atoms with Gasteiger partial charge in [-0.15, -0.1) is 0 Å². The van der Waals surface area contributed by atoms with Crippen molar-refractivity contribution in [3.63, 3.8) is 0 Å². The molecule has 0 amide bonds. The Hall–Kier alpha value is -2.60. The number of benzene rings is 2. The van der Waals surface area contributed by atoms with Crippen molar-refractivity contribution >= 4 is 5.97 Å². The SMILES string of the molecule is COC(=O)C(N)Cc1cccc(OC)c1OCc1cccc(F)c1. The molecule has 0 aliphatic rings. The molecular weight excluding hydrogens is 313 g/mol. The van der Waals surface area contributed by atoms with Crippen molar-refractivity contribution in [3.8, 4) is 11.5 Å². The van der Waals surface area contributed by atoms with E-state index in [1.807, 2.05) is 0 Å². The number of para-hydroxylation sites is 1. The second-order valence-corrected chi connectivity index (χ2v) is 5.20. The van der Waals surface area contributed by atoms with Crippen LogP contribution in [-0.2, 0) is 22.6 Å². The van der Waals surface area contributed by atoms with Gasteiger partial charge >= 0.3 is 5.97 Å². The standard InChI is InChI=1S/C18H20FNO4/c1-22-16-8-4-6-13(10-15(20)18(21)23-2)17(16)24-11-12-5-3-7-14(19)9-12/h3-9,15H,10-11,20H2,1-2H3. The quantitative estimate of drug-likeness (QED) is 0.788.